The molecule has 84 valence electrons. The van der Waals surface area contributed by atoms with Gasteiger partial charge in [0.1, 0.15) is 6.10 Å². The Labute approximate surface area is 99.9 Å². The molecule has 2 N–H and O–H groups in total. The van der Waals surface area contributed by atoms with Crippen LogP contribution in [0, 0.1) is 11.8 Å². The van der Waals surface area contributed by atoms with Crippen LogP contribution in [-0.4, -0.2) is 16.1 Å². The third-order valence-corrected chi connectivity index (χ3v) is 3.77. The lowest BCUT2D eigenvalue weighted by molar-refractivity contribution is -0.149. The van der Waals surface area contributed by atoms with Gasteiger partial charge < -0.3 is 10.5 Å². The second kappa shape index (κ2) is 6.61. The van der Waals surface area contributed by atoms with E-state index in [0.29, 0.717) is 11.8 Å². The van der Waals surface area contributed by atoms with E-state index in [4.69, 9.17) is 10.5 Å². The topological polar surface area (TPSA) is 52.3 Å². The first kappa shape index (κ1) is 14.2. The van der Waals surface area contributed by atoms with Gasteiger partial charge in [0.15, 0.2) is 0 Å². The fourth-order valence-electron chi connectivity index (χ4n) is 1.40. The van der Waals surface area contributed by atoms with Crippen LogP contribution in [0.25, 0.3) is 0 Å². The number of alkyl halides is 1. The summed E-state index contributed by atoms with van der Waals surface area (Å²) in [6.07, 6.45) is 0.831. The first-order chi connectivity index (χ1) is 6.40. The molecule has 0 heterocycles. The highest BCUT2D eigenvalue weighted by Crippen LogP contribution is 2.24. The van der Waals surface area contributed by atoms with Crippen molar-refractivity contribution in [1.82, 2.24) is 0 Å². The number of carbonyl (C=O) groups is 1. The average Bonchev–Trinajstić information content (AvgIpc) is 2.11. The summed E-state index contributed by atoms with van der Waals surface area (Å²) in [5.41, 5.74) is 5.81. The Bertz CT molecular complexity index is 185. The molecular weight excluding hydrogens is 293 g/mol. The Morgan fingerprint density at radius 3 is 2.21 bits per heavy atom. The molecule has 3 unspecified atom stereocenters. The largest absolute Gasteiger partial charge is 0.462 e. The van der Waals surface area contributed by atoms with E-state index in [9.17, 15) is 4.79 Å². The molecule has 0 spiro atoms. The fourth-order valence-corrected chi connectivity index (χ4v) is 2.06. The van der Waals surface area contributed by atoms with Crippen molar-refractivity contribution in [2.45, 2.75) is 44.3 Å². The van der Waals surface area contributed by atoms with Crippen LogP contribution in [0.15, 0.2) is 0 Å². The number of hydrogen-bond donors (Lipinski definition) is 1. The molecule has 0 saturated heterocycles. The highest BCUT2D eigenvalue weighted by atomic mass is 127. The van der Waals surface area contributed by atoms with Crippen LogP contribution in [0.2, 0.25) is 0 Å². The maximum absolute atomic E-state index is 10.9. The zero-order valence-electron chi connectivity index (χ0n) is 9.29. The molecule has 4 atom stereocenters. The van der Waals surface area contributed by atoms with Gasteiger partial charge in [-0.05, 0) is 18.3 Å². The molecule has 0 aromatic heterocycles. The van der Waals surface area contributed by atoms with Gasteiger partial charge in [-0.25, -0.2) is 0 Å². The standard InChI is InChI=1S/C10H20INO2/c1-5-9(14-8(4)13)6(2)7(3)10(11)12/h6-7,9-10H,5,12H2,1-4H3/t6-,7?,9?,10?/m0/s1. The van der Waals surface area contributed by atoms with E-state index in [1.165, 1.54) is 6.92 Å². The molecule has 0 aliphatic carbocycles. The Kier molecular flexibility index (Phi) is 6.68. The van der Waals surface area contributed by atoms with Crippen molar-refractivity contribution < 1.29 is 9.53 Å². The zero-order chi connectivity index (χ0) is 11.3. The van der Waals surface area contributed by atoms with Crippen LogP contribution in [0.4, 0.5) is 0 Å². The van der Waals surface area contributed by atoms with Crippen molar-refractivity contribution in [3.8, 4) is 0 Å². The van der Waals surface area contributed by atoms with Crippen LogP contribution < -0.4 is 5.73 Å². The maximum atomic E-state index is 10.9. The third kappa shape index (κ3) is 4.59. The molecule has 0 amide bonds. The number of esters is 1. The molecule has 0 aliphatic rings. The summed E-state index contributed by atoms with van der Waals surface area (Å²) in [6, 6.07) is 0. The molecule has 0 bridgehead atoms. The number of carbonyl (C=O) groups excluding carboxylic acids is 1. The Balaban J connectivity index is 4.29. The van der Waals surface area contributed by atoms with Crippen LogP contribution >= 0.6 is 22.6 Å². The van der Waals surface area contributed by atoms with Gasteiger partial charge in [-0.15, -0.1) is 0 Å². The summed E-state index contributed by atoms with van der Waals surface area (Å²) in [6.45, 7) is 7.65. The van der Waals surface area contributed by atoms with E-state index in [0.717, 1.165) is 6.42 Å². The quantitative estimate of drug-likeness (QED) is 0.367. The normalized spacial score (nSPS) is 19.6. The average molecular weight is 313 g/mol. The summed E-state index contributed by atoms with van der Waals surface area (Å²) in [4.78, 5) is 10.9. The molecule has 0 rings (SSSR count). The number of halogens is 1. The van der Waals surface area contributed by atoms with E-state index in [1.54, 1.807) is 0 Å². The van der Waals surface area contributed by atoms with E-state index in [-0.39, 0.29) is 16.1 Å². The zero-order valence-corrected chi connectivity index (χ0v) is 11.4. The van der Waals surface area contributed by atoms with Crippen molar-refractivity contribution in [3.63, 3.8) is 0 Å². The molecule has 3 nitrogen and oxygen atoms in total. The first-order valence-corrected chi connectivity index (χ1v) is 6.21. The van der Waals surface area contributed by atoms with Gasteiger partial charge in [0.25, 0.3) is 0 Å². The van der Waals surface area contributed by atoms with Gasteiger partial charge in [0.2, 0.25) is 0 Å². The lowest BCUT2D eigenvalue weighted by Gasteiger charge is -2.29. The minimum Gasteiger partial charge on any atom is -0.462 e. The minimum absolute atomic E-state index is 0.0108. The van der Waals surface area contributed by atoms with Crippen LogP contribution in [0.3, 0.4) is 0 Å². The summed E-state index contributed by atoms with van der Waals surface area (Å²) in [5.74, 6) is 0.439. The molecular formula is C10H20INO2. The first-order valence-electron chi connectivity index (χ1n) is 4.97. The van der Waals surface area contributed by atoms with Gasteiger partial charge in [-0.2, -0.15) is 0 Å². The third-order valence-electron chi connectivity index (χ3n) is 2.64. The van der Waals surface area contributed by atoms with Crippen molar-refractivity contribution in [2.24, 2.45) is 17.6 Å². The second-order valence-electron chi connectivity index (χ2n) is 3.72. The number of hydrogen-bond acceptors (Lipinski definition) is 3. The predicted octanol–water partition coefficient (Wildman–Crippen LogP) is 2.32. The molecule has 0 aliphatic heterocycles. The van der Waals surface area contributed by atoms with E-state index >= 15 is 0 Å². The molecule has 4 heteroatoms. The van der Waals surface area contributed by atoms with E-state index in [1.807, 2.05) is 6.92 Å². The molecule has 0 saturated carbocycles. The SMILES string of the molecule is CCC(OC(C)=O)[C@@H](C)C(C)C(N)I. The molecule has 14 heavy (non-hydrogen) atoms. The van der Waals surface area contributed by atoms with Crippen molar-refractivity contribution in [1.29, 1.82) is 0 Å². The van der Waals surface area contributed by atoms with Gasteiger partial charge in [-0.3, -0.25) is 4.79 Å². The lowest BCUT2D eigenvalue weighted by atomic mass is 9.89. The number of nitrogens with two attached hydrogens (primary N) is 1. The lowest BCUT2D eigenvalue weighted by Crippen LogP contribution is -2.35. The highest BCUT2D eigenvalue weighted by molar-refractivity contribution is 14.1. The summed E-state index contributed by atoms with van der Waals surface area (Å²) >= 11 is 2.20. The number of rotatable bonds is 5. The number of ether oxygens (including phenoxy) is 1. The Morgan fingerprint density at radius 1 is 1.43 bits per heavy atom. The molecule has 0 aromatic rings. The van der Waals surface area contributed by atoms with E-state index < -0.39 is 0 Å². The van der Waals surface area contributed by atoms with Crippen molar-refractivity contribution in [3.05, 3.63) is 0 Å². The van der Waals surface area contributed by atoms with E-state index in [2.05, 4.69) is 36.4 Å². The Hall–Kier alpha value is 0.160. The molecule has 0 radical (unpaired) electrons. The minimum atomic E-state index is -0.210. The van der Waals surface area contributed by atoms with Gasteiger partial charge >= 0.3 is 5.97 Å². The summed E-state index contributed by atoms with van der Waals surface area (Å²) < 4.78 is 5.34. The smallest absolute Gasteiger partial charge is 0.302 e. The molecule has 0 fully saturated rings. The van der Waals surface area contributed by atoms with Crippen molar-refractivity contribution in [2.75, 3.05) is 0 Å². The predicted molar refractivity (Wildman–Crippen MR) is 66.2 cm³/mol. The summed E-state index contributed by atoms with van der Waals surface area (Å²) in [7, 11) is 0. The summed E-state index contributed by atoms with van der Waals surface area (Å²) in [5, 5.41) is 0. The van der Waals surface area contributed by atoms with Gasteiger partial charge in [0, 0.05) is 6.92 Å². The van der Waals surface area contributed by atoms with Crippen LogP contribution in [-0.2, 0) is 9.53 Å². The Morgan fingerprint density at radius 2 is 1.93 bits per heavy atom. The second-order valence-corrected chi connectivity index (χ2v) is 5.16. The highest BCUT2D eigenvalue weighted by Gasteiger charge is 2.26. The van der Waals surface area contributed by atoms with Gasteiger partial charge in [0.05, 0.1) is 4.05 Å². The van der Waals surface area contributed by atoms with Crippen molar-refractivity contribution >= 4 is 28.6 Å². The van der Waals surface area contributed by atoms with Crippen LogP contribution in [0.1, 0.15) is 34.1 Å². The van der Waals surface area contributed by atoms with Gasteiger partial charge in [-0.1, -0.05) is 43.4 Å². The maximum Gasteiger partial charge on any atom is 0.302 e. The van der Waals surface area contributed by atoms with Crippen LogP contribution in [0.5, 0.6) is 0 Å². The monoisotopic (exact) mass is 313 g/mol. The fraction of sp³-hybridized carbons (Fsp3) is 0.900. The molecule has 0 aromatic carbocycles.